The SMILES string of the molecule is O=C(O)c1ccc2c(c1)nc(NC1CC1)c1ccsc12. The number of anilines is 1. The normalized spacial score (nSPS) is 14.8. The molecular weight excluding hydrogens is 272 g/mol. The molecule has 0 atom stereocenters. The van der Waals surface area contributed by atoms with Gasteiger partial charge in [-0.05, 0) is 36.4 Å². The Labute approximate surface area is 119 Å². The number of aromatic nitrogens is 1. The molecule has 0 unspecified atom stereocenters. The van der Waals surface area contributed by atoms with Crippen LogP contribution in [0.5, 0.6) is 0 Å². The monoisotopic (exact) mass is 284 g/mol. The predicted octanol–water partition coefficient (Wildman–Crippen LogP) is 3.72. The van der Waals surface area contributed by atoms with Crippen LogP contribution in [0.1, 0.15) is 23.2 Å². The predicted molar refractivity (Wildman–Crippen MR) is 80.7 cm³/mol. The van der Waals surface area contributed by atoms with Crippen LogP contribution in [0.4, 0.5) is 5.82 Å². The number of rotatable bonds is 3. The van der Waals surface area contributed by atoms with Gasteiger partial charge in [-0.1, -0.05) is 6.07 Å². The smallest absolute Gasteiger partial charge is 0.335 e. The average Bonchev–Trinajstić information content (AvgIpc) is 3.11. The first kappa shape index (κ1) is 11.7. The van der Waals surface area contributed by atoms with Crippen molar-refractivity contribution in [2.75, 3.05) is 5.32 Å². The lowest BCUT2D eigenvalue weighted by molar-refractivity contribution is 0.0697. The maximum atomic E-state index is 11.1. The second-order valence-electron chi connectivity index (χ2n) is 5.08. The zero-order valence-corrected chi connectivity index (χ0v) is 11.4. The summed E-state index contributed by atoms with van der Waals surface area (Å²) in [5.41, 5.74) is 1.02. The Morgan fingerprint density at radius 2 is 2.15 bits per heavy atom. The van der Waals surface area contributed by atoms with Crippen LogP contribution in [0.25, 0.3) is 21.0 Å². The summed E-state index contributed by atoms with van der Waals surface area (Å²) < 4.78 is 1.16. The minimum Gasteiger partial charge on any atom is -0.478 e. The van der Waals surface area contributed by atoms with Gasteiger partial charge in [0, 0.05) is 21.5 Å². The summed E-state index contributed by atoms with van der Waals surface area (Å²) in [5, 5.41) is 16.7. The van der Waals surface area contributed by atoms with E-state index in [0.29, 0.717) is 6.04 Å². The van der Waals surface area contributed by atoms with Gasteiger partial charge in [0.1, 0.15) is 5.82 Å². The fourth-order valence-corrected chi connectivity index (χ4v) is 3.30. The fourth-order valence-electron chi connectivity index (χ4n) is 2.37. The molecule has 0 saturated heterocycles. The molecule has 4 rings (SSSR count). The minimum absolute atomic E-state index is 0.276. The van der Waals surface area contributed by atoms with Crippen LogP contribution in [0.3, 0.4) is 0 Å². The Kier molecular flexibility index (Phi) is 2.44. The highest BCUT2D eigenvalue weighted by Gasteiger charge is 2.23. The Morgan fingerprint density at radius 1 is 1.30 bits per heavy atom. The van der Waals surface area contributed by atoms with Gasteiger partial charge in [-0.3, -0.25) is 0 Å². The van der Waals surface area contributed by atoms with Gasteiger partial charge in [0.15, 0.2) is 0 Å². The molecule has 2 aromatic heterocycles. The van der Waals surface area contributed by atoms with Crippen LogP contribution in [0, 0.1) is 0 Å². The highest BCUT2D eigenvalue weighted by atomic mass is 32.1. The standard InChI is InChI=1S/C15H12N2O2S/c18-15(19)8-1-4-10-12(7-8)17-14(16-9-2-3-9)11-5-6-20-13(10)11/h1,4-7,9H,2-3H2,(H,16,17)(H,18,19). The first-order chi connectivity index (χ1) is 9.72. The van der Waals surface area contributed by atoms with E-state index >= 15 is 0 Å². The van der Waals surface area contributed by atoms with Crippen LogP contribution in [0.2, 0.25) is 0 Å². The molecule has 1 aliphatic rings. The van der Waals surface area contributed by atoms with Crippen LogP contribution in [0.15, 0.2) is 29.6 Å². The quantitative estimate of drug-likeness (QED) is 0.769. The summed E-state index contributed by atoms with van der Waals surface area (Å²) >= 11 is 1.67. The molecule has 1 aromatic carbocycles. The molecule has 0 aliphatic heterocycles. The molecule has 1 saturated carbocycles. The number of fused-ring (bicyclic) bond motifs is 3. The Hall–Kier alpha value is -2.14. The molecule has 0 radical (unpaired) electrons. The van der Waals surface area contributed by atoms with E-state index in [1.54, 1.807) is 23.5 Å². The van der Waals surface area contributed by atoms with Gasteiger partial charge in [-0.25, -0.2) is 9.78 Å². The third-order valence-electron chi connectivity index (χ3n) is 3.56. The molecule has 5 heteroatoms. The lowest BCUT2D eigenvalue weighted by Crippen LogP contribution is -2.04. The van der Waals surface area contributed by atoms with Gasteiger partial charge in [0.2, 0.25) is 0 Å². The van der Waals surface area contributed by atoms with Gasteiger partial charge in [0.05, 0.1) is 11.1 Å². The number of nitrogens with one attached hydrogen (secondary N) is 1. The van der Waals surface area contributed by atoms with Crippen molar-refractivity contribution in [2.24, 2.45) is 0 Å². The van der Waals surface area contributed by atoms with Crippen LogP contribution >= 0.6 is 11.3 Å². The number of carboxylic acids is 1. The van der Waals surface area contributed by atoms with Crippen LogP contribution in [-0.2, 0) is 0 Å². The van der Waals surface area contributed by atoms with Crippen molar-refractivity contribution < 1.29 is 9.90 Å². The molecule has 4 nitrogen and oxygen atoms in total. The van der Waals surface area contributed by atoms with Crippen molar-refractivity contribution in [3.05, 3.63) is 35.2 Å². The number of nitrogens with zero attached hydrogens (tertiary/aromatic N) is 1. The fraction of sp³-hybridized carbons (Fsp3) is 0.200. The molecule has 2 N–H and O–H groups in total. The van der Waals surface area contributed by atoms with Crippen molar-refractivity contribution in [1.29, 1.82) is 0 Å². The number of pyridine rings is 1. The molecule has 100 valence electrons. The summed E-state index contributed by atoms with van der Waals surface area (Å²) in [7, 11) is 0. The van der Waals surface area contributed by atoms with Gasteiger partial charge < -0.3 is 10.4 Å². The first-order valence-corrected chi connectivity index (χ1v) is 7.41. The summed E-state index contributed by atoms with van der Waals surface area (Å²) in [6, 6.07) is 7.73. The summed E-state index contributed by atoms with van der Waals surface area (Å²) in [6.07, 6.45) is 2.36. The van der Waals surface area contributed by atoms with Crippen molar-refractivity contribution in [2.45, 2.75) is 18.9 Å². The number of benzene rings is 1. The number of carboxylic acid groups (broad SMARTS) is 1. The van der Waals surface area contributed by atoms with E-state index in [1.807, 2.05) is 6.07 Å². The number of hydrogen-bond acceptors (Lipinski definition) is 4. The van der Waals surface area contributed by atoms with Gasteiger partial charge in [-0.2, -0.15) is 0 Å². The molecule has 0 bridgehead atoms. The Bertz CT molecular complexity index is 836. The lowest BCUT2D eigenvalue weighted by Gasteiger charge is -2.08. The summed E-state index contributed by atoms with van der Waals surface area (Å²) in [6.45, 7) is 0. The second-order valence-corrected chi connectivity index (χ2v) is 6.00. The Balaban J connectivity index is 1.99. The van der Waals surface area contributed by atoms with Gasteiger partial charge in [0.25, 0.3) is 0 Å². The van der Waals surface area contributed by atoms with E-state index < -0.39 is 5.97 Å². The van der Waals surface area contributed by atoms with Gasteiger partial charge >= 0.3 is 5.97 Å². The van der Waals surface area contributed by atoms with Crippen molar-refractivity contribution in [3.63, 3.8) is 0 Å². The van der Waals surface area contributed by atoms with E-state index in [4.69, 9.17) is 5.11 Å². The zero-order valence-electron chi connectivity index (χ0n) is 10.6. The van der Waals surface area contributed by atoms with E-state index in [-0.39, 0.29) is 5.56 Å². The molecule has 1 fully saturated rings. The third kappa shape index (κ3) is 1.82. The molecule has 2 heterocycles. The third-order valence-corrected chi connectivity index (χ3v) is 4.51. The summed E-state index contributed by atoms with van der Waals surface area (Å²) in [4.78, 5) is 15.7. The Morgan fingerprint density at radius 3 is 2.90 bits per heavy atom. The van der Waals surface area contributed by atoms with Crippen molar-refractivity contribution in [1.82, 2.24) is 4.98 Å². The van der Waals surface area contributed by atoms with Crippen LogP contribution in [-0.4, -0.2) is 22.1 Å². The highest BCUT2D eigenvalue weighted by molar-refractivity contribution is 7.18. The molecular formula is C15H12N2O2S. The van der Waals surface area contributed by atoms with Crippen molar-refractivity contribution >= 4 is 44.1 Å². The van der Waals surface area contributed by atoms with E-state index in [9.17, 15) is 4.79 Å². The largest absolute Gasteiger partial charge is 0.478 e. The lowest BCUT2D eigenvalue weighted by atomic mass is 10.1. The van der Waals surface area contributed by atoms with E-state index in [2.05, 4.69) is 21.7 Å². The van der Waals surface area contributed by atoms with Gasteiger partial charge in [-0.15, -0.1) is 11.3 Å². The number of thiophene rings is 1. The molecule has 0 amide bonds. The molecule has 20 heavy (non-hydrogen) atoms. The van der Waals surface area contributed by atoms with Crippen molar-refractivity contribution in [3.8, 4) is 0 Å². The first-order valence-electron chi connectivity index (χ1n) is 6.53. The molecule has 1 aliphatic carbocycles. The molecule has 0 spiro atoms. The van der Waals surface area contributed by atoms with E-state index in [1.165, 1.54) is 12.8 Å². The maximum Gasteiger partial charge on any atom is 0.335 e. The minimum atomic E-state index is -0.920. The highest BCUT2D eigenvalue weighted by Crippen LogP contribution is 2.35. The van der Waals surface area contributed by atoms with E-state index in [0.717, 1.165) is 26.8 Å². The average molecular weight is 284 g/mol. The molecule has 3 aromatic rings. The van der Waals surface area contributed by atoms with Crippen LogP contribution < -0.4 is 5.32 Å². The maximum absolute atomic E-state index is 11.1. The number of hydrogen-bond donors (Lipinski definition) is 2. The number of aromatic carboxylic acids is 1. The zero-order chi connectivity index (χ0) is 13.7. The number of carbonyl (C=O) groups is 1. The topological polar surface area (TPSA) is 62.2 Å². The second kappa shape index (κ2) is 4.18. The summed E-state index contributed by atoms with van der Waals surface area (Å²) in [5.74, 6) is -0.0459.